The Morgan fingerprint density at radius 3 is 2.04 bits per heavy atom. The fraction of sp³-hybridized carbons (Fsp3) is 0.409. The van der Waals surface area contributed by atoms with Crippen LogP contribution in [0.1, 0.15) is 37.3 Å². The Hall–Kier alpha value is -2.13. The first kappa shape index (κ1) is 17.7. The van der Waals surface area contributed by atoms with Gasteiger partial charge in [-0.2, -0.15) is 0 Å². The smallest absolute Gasteiger partial charge is 0.318 e. The van der Waals surface area contributed by atoms with Gasteiger partial charge < -0.3 is 9.64 Å². The molecule has 132 valence electrons. The van der Waals surface area contributed by atoms with Crippen molar-refractivity contribution in [1.82, 2.24) is 0 Å². The quantitative estimate of drug-likeness (QED) is 0.869. The van der Waals surface area contributed by atoms with Crippen LogP contribution in [-0.4, -0.2) is 31.7 Å². The highest BCUT2D eigenvalue weighted by Gasteiger charge is 2.36. The van der Waals surface area contributed by atoms with Gasteiger partial charge in [-0.3, -0.25) is 4.79 Å². The van der Waals surface area contributed by atoms with Crippen molar-refractivity contribution in [3.05, 3.63) is 71.8 Å². The molecule has 2 aromatic carbocycles. The minimum Gasteiger partial charge on any atom is -0.461 e. The summed E-state index contributed by atoms with van der Waals surface area (Å²) in [6, 6.07) is 20.4. The molecule has 1 N–H and O–H groups in total. The number of rotatable bonds is 4. The van der Waals surface area contributed by atoms with E-state index in [1.165, 1.54) is 4.90 Å². The number of piperidine rings is 1. The Labute approximate surface area is 150 Å². The van der Waals surface area contributed by atoms with Gasteiger partial charge in [0, 0.05) is 12.3 Å². The summed E-state index contributed by atoms with van der Waals surface area (Å²) in [6.07, 6.45) is 0.927. The Balaban J connectivity index is 1.83. The number of likely N-dealkylation sites (tertiary alicyclic amines) is 1. The molecule has 1 heterocycles. The third-order valence-corrected chi connectivity index (χ3v) is 5.47. The van der Waals surface area contributed by atoms with Crippen LogP contribution in [0.15, 0.2) is 60.7 Å². The summed E-state index contributed by atoms with van der Waals surface area (Å²) in [7, 11) is 2.22. The Kier molecular flexibility index (Phi) is 5.54. The van der Waals surface area contributed by atoms with Crippen LogP contribution < -0.4 is 4.90 Å². The van der Waals surface area contributed by atoms with Crippen molar-refractivity contribution in [3.63, 3.8) is 0 Å². The molecular weight excluding hydrogens is 310 g/mol. The van der Waals surface area contributed by atoms with Gasteiger partial charge in [0.15, 0.2) is 0 Å². The second-order valence-electron chi connectivity index (χ2n) is 7.39. The van der Waals surface area contributed by atoms with Gasteiger partial charge in [-0.05, 0) is 18.1 Å². The zero-order valence-electron chi connectivity index (χ0n) is 15.3. The van der Waals surface area contributed by atoms with E-state index < -0.39 is 0 Å². The predicted octanol–water partition coefficient (Wildman–Crippen LogP) is 2.67. The highest BCUT2D eigenvalue weighted by molar-refractivity contribution is 5.82. The van der Waals surface area contributed by atoms with E-state index in [-0.39, 0.29) is 18.0 Å². The minimum absolute atomic E-state index is 0.00104. The third-order valence-electron chi connectivity index (χ3n) is 5.47. The summed E-state index contributed by atoms with van der Waals surface area (Å²) in [6.45, 7) is 5.46. The summed E-state index contributed by atoms with van der Waals surface area (Å²) in [5, 5.41) is 0. The molecule has 0 aliphatic carbocycles. The molecule has 0 bridgehead atoms. The number of hydrogen-bond donors (Lipinski definition) is 1. The van der Waals surface area contributed by atoms with Crippen LogP contribution in [0, 0.1) is 5.92 Å². The predicted molar refractivity (Wildman–Crippen MR) is 99.6 cm³/mol. The second kappa shape index (κ2) is 7.83. The SMILES string of the molecule is C[C@@H]1C[NH+](C)[C@@H](C)C[C@@H]1OC(=O)C(c1ccccc1)c1ccccc1. The first-order valence-electron chi connectivity index (χ1n) is 9.19. The molecule has 0 spiro atoms. The molecule has 0 aromatic heterocycles. The largest absolute Gasteiger partial charge is 0.461 e. The van der Waals surface area contributed by atoms with Crippen LogP contribution in [-0.2, 0) is 9.53 Å². The number of esters is 1. The first-order valence-corrected chi connectivity index (χ1v) is 9.19. The van der Waals surface area contributed by atoms with Crippen LogP contribution in [0.25, 0.3) is 0 Å². The molecule has 0 amide bonds. The van der Waals surface area contributed by atoms with Gasteiger partial charge >= 0.3 is 5.97 Å². The lowest BCUT2D eigenvalue weighted by Crippen LogP contribution is -3.14. The molecule has 3 nitrogen and oxygen atoms in total. The standard InChI is InChI=1S/C22H27NO2/c1-16-15-23(3)17(2)14-20(16)25-22(24)21(18-10-6-4-7-11-18)19-12-8-5-9-13-19/h4-13,16-17,20-21H,14-15H2,1-3H3/p+1/t16-,17+,20+/m1/s1. The highest BCUT2D eigenvalue weighted by atomic mass is 16.5. The number of nitrogens with one attached hydrogen (secondary N) is 1. The van der Waals surface area contributed by atoms with Gasteiger partial charge in [-0.15, -0.1) is 0 Å². The zero-order chi connectivity index (χ0) is 17.8. The Morgan fingerprint density at radius 1 is 1.00 bits per heavy atom. The first-order chi connectivity index (χ1) is 12.1. The molecule has 0 saturated carbocycles. The molecule has 1 saturated heterocycles. The van der Waals surface area contributed by atoms with Gasteiger partial charge in [0.05, 0.1) is 19.6 Å². The number of ether oxygens (including phenoxy) is 1. The van der Waals surface area contributed by atoms with E-state index >= 15 is 0 Å². The fourth-order valence-corrected chi connectivity index (χ4v) is 3.76. The van der Waals surface area contributed by atoms with E-state index in [1.807, 2.05) is 60.7 Å². The van der Waals surface area contributed by atoms with Crippen LogP contribution in [0.5, 0.6) is 0 Å². The maximum atomic E-state index is 13.1. The van der Waals surface area contributed by atoms with E-state index in [9.17, 15) is 4.79 Å². The lowest BCUT2D eigenvalue weighted by atomic mass is 9.90. The average Bonchev–Trinajstić information content (AvgIpc) is 2.62. The van der Waals surface area contributed by atoms with Crippen LogP contribution in [0.4, 0.5) is 0 Å². The normalized spacial score (nSPS) is 26.4. The molecule has 1 unspecified atom stereocenters. The van der Waals surface area contributed by atoms with Crippen molar-refractivity contribution >= 4 is 5.97 Å². The van der Waals surface area contributed by atoms with Crippen molar-refractivity contribution < 1.29 is 14.4 Å². The topological polar surface area (TPSA) is 30.7 Å². The number of hydrogen-bond acceptors (Lipinski definition) is 2. The lowest BCUT2D eigenvalue weighted by molar-refractivity contribution is -0.914. The van der Waals surface area contributed by atoms with E-state index in [0.717, 1.165) is 24.1 Å². The average molecular weight is 338 g/mol. The van der Waals surface area contributed by atoms with Crippen LogP contribution >= 0.6 is 0 Å². The molecule has 3 rings (SSSR count). The second-order valence-corrected chi connectivity index (χ2v) is 7.39. The molecule has 1 aliphatic rings. The van der Waals surface area contributed by atoms with Gasteiger partial charge in [0.1, 0.15) is 12.0 Å². The molecule has 4 atom stereocenters. The van der Waals surface area contributed by atoms with Crippen molar-refractivity contribution in [3.8, 4) is 0 Å². The number of carbonyl (C=O) groups excluding carboxylic acids is 1. The number of quaternary nitrogens is 1. The number of benzene rings is 2. The van der Waals surface area contributed by atoms with Crippen LogP contribution in [0.2, 0.25) is 0 Å². The fourth-order valence-electron chi connectivity index (χ4n) is 3.76. The molecule has 2 aromatic rings. The van der Waals surface area contributed by atoms with Crippen molar-refractivity contribution in [2.75, 3.05) is 13.6 Å². The summed E-state index contributed by atoms with van der Waals surface area (Å²) < 4.78 is 6.04. The Bertz CT molecular complexity index is 646. The van der Waals surface area contributed by atoms with Crippen molar-refractivity contribution in [2.24, 2.45) is 5.92 Å². The van der Waals surface area contributed by atoms with E-state index in [2.05, 4.69) is 20.9 Å². The molecule has 1 fully saturated rings. The highest BCUT2D eigenvalue weighted by Crippen LogP contribution is 2.28. The van der Waals surface area contributed by atoms with E-state index in [1.54, 1.807) is 0 Å². The molecule has 25 heavy (non-hydrogen) atoms. The Morgan fingerprint density at radius 2 is 1.52 bits per heavy atom. The molecular formula is C22H28NO2+. The molecule has 1 aliphatic heterocycles. The maximum absolute atomic E-state index is 13.1. The summed E-state index contributed by atoms with van der Waals surface area (Å²) in [5.74, 6) is -0.120. The summed E-state index contributed by atoms with van der Waals surface area (Å²) in [5.41, 5.74) is 1.97. The lowest BCUT2D eigenvalue weighted by Gasteiger charge is -2.37. The monoisotopic (exact) mass is 338 g/mol. The molecule has 3 heteroatoms. The minimum atomic E-state index is -0.364. The number of carbonyl (C=O) groups is 1. The third kappa shape index (κ3) is 4.10. The van der Waals surface area contributed by atoms with E-state index in [0.29, 0.717) is 12.0 Å². The van der Waals surface area contributed by atoms with Crippen molar-refractivity contribution in [1.29, 1.82) is 0 Å². The van der Waals surface area contributed by atoms with Crippen molar-refractivity contribution in [2.45, 2.75) is 38.3 Å². The van der Waals surface area contributed by atoms with Gasteiger partial charge in [-0.25, -0.2) is 0 Å². The van der Waals surface area contributed by atoms with Gasteiger partial charge in [0.25, 0.3) is 0 Å². The zero-order valence-corrected chi connectivity index (χ0v) is 15.3. The summed E-state index contributed by atoms with van der Waals surface area (Å²) in [4.78, 5) is 14.6. The van der Waals surface area contributed by atoms with Gasteiger partial charge in [-0.1, -0.05) is 67.6 Å². The van der Waals surface area contributed by atoms with Gasteiger partial charge in [0.2, 0.25) is 0 Å². The summed E-state index contributed by atoms with van der Waals surface area (Å²) >= 11 is 0. The maximum Gasteiger partial charge on any atom is 0.318 e. The van der Waals surface area contributed by atoms with E-state index in [4.69, 9.17) is 4.74 Å². The molecule has 0 radical (unpaired) electrons. The van der Waals surface area contributed by atoms with Crippen LogP contribution in [0.3, 0.4) is 0 Å².